The number of carbonyl (C=O) groups excluding carboxylic acids is 2. The summed E-state index contributed by atoms with van der Waals surface area (Å²) in [6.07, 6.45) is 7.32. The summed E-state index contributed by atoms with van der Waals surface area (Å²) in [5.41, 5.74) is 2.12. The maximum atomic E-state index is 14.6. The molecule has 3 N–H and O–H groups in total. The lowest BCUT2D eigenvalue weighted by Gasteiger charge is -2.30. The van der Waals surface area contributed by atoms with E-state index >= 15 is 0 Å². The number of ether oxygens (including phenoxy) is 2. The largest absolute Gasteiger partial charge is 0.496 e. The quantitative estimate of drug-likeness (QED) is 0.159. The molecule has 3 aliphatic rings. The van der Waals surface area contributed by atoms with Crippen LogP contribution in [-0.4, -0.2) is 75.1 Å². The van der Waals surface area contributed by atoms with Crippen LogP contribution in [0.5, 0.6) is 11.5 Å². The number of pyridine rings is 1. The second-order valence-corrected chi connectivity index (χ2v) is 15.7. The van der Waals surface area contributed by atoms with Crippen LogP contribution in [0.25, 0.3) is 21.6 Å². The first-order valence-electron chi connectivity index (χ1n) is 18.6. The molecule has 1 aliphatic carbocycles. The summed E-state index contributed by atoms with van der Waals surface area (Å²) in [7, 11) is 1.61. The Hall–Kier alpha value is -5.04. The molecule has 1 saturated heterocycles. The SMILES string of the molecule is COc1ccc2c(O[C@@H]3C[C@H]4C(=O)N[C@]5(C(=O)O)CC5/C=C\CCCCC[C@H](Nc5cccc(F)c5)C(=O)N4C3)cc(-c3nc(C(C)C)cs3)nc2c1C. The normalized spacial score (nSPS) is 25.3. The number of allylic oxidation sites excluding steroid dienone is 1. The van der Waals surface area contributed by atoms with Crippen molar-refractivity contribution in [2.45, 2.75) is 95.4 Å². The average molecular weight is 756 g/mol. The van der Waals surface area contributed by atoms with Crippen LogP contribution in [0.3, 0.4) is 0 Å². The number of thiazole rings is 1. The maximum absolute atomic E-state index is 14.6. The molecule has 4 heterocycles. The van der Waals surface area contributed by atoms with E-state index < -0.39 is 41.4 Å². The maximum Gasteiger partial charge on any atom is 0.330 e. The van der Waals surface area contributed by atoms with Crippen LogP contribution in [0.1, 0.15) is 76.0 Å². The fourth-order valence-corrected chi connectivity index (χ4v) is 8.52. The zero-order chi connectivity index (χ0) is 38.1. The van der Waals surface area contributed by atoms with Crippen LogP contribution in [0.2, 0.25) is 0 Å². The van der Waals surface area contributed by atoms with Crippen LogP contribution >= 0.6 is 11.3 Å². The molecule has 54 heavy (non-hydrogen) atoms. The number of fused-ring (bicyclic) bond motifs is 3. The summed E-state index contributed by atoms with van der Waals surface area (Å²) in [5.74, 6) is -1.32. The molecule has 4 aromatic rings. The van der Waals surface area contributed by atoms with Crippen molar-refractivity contribution < 1.29 is 33.4 Å². The lowest BCUT2D eigenvalue weighted by Crippen LogP contribution is -2.55. The van der Waals surface area contributed by atoms with E-state index in [1.54, 1.807) is 19.2 Å². The van der Waals surface area contributed by atoms with Crippen molar-refractivity contribution in [1.29, 1.82) is 0 Å². The molecule has 2 amide bonds. The number of nitrogens with zero attached hydrogens (tertiary/aromatic N) is 3. The molecule has 2 aromatic heterocycles. The lowest BCUT2D eigenvalue weighted by atomic mass is 10.0. The number of rotatable bonds is 8. The van der Waals surface area contributed by atoms with Crippen molar-refractivity contribution in [2.75, 3.05) is 19.0 Å². The highest BCUT2D eigenvalue weighted by atomic mass is 32.1. The minimum Gasteiger partial charge on any atom is -0.496 e. The zero-order valence-corrected chi connectivity index (χ0v) is 31.7. The van der Waals surface area contributed by atoms with Crippen molar-refractivity contribution in [3.8, 4) is 22.2 Å². The Morgan fingerprint density at radius 1 is 1.13 bits per heavy atom. The monoisotopic (exact) mass is 755 g/mol. The van der Waals surface area contributed by atoms with Crippen molar-refractivity contribution in [2.24, 2.45) is 5.92 Å². The first kappa shape index (κ1) is 37.3. The van der Waals surface area contributed by atoms with Gasteiger partial charge in [-0.05, 0) is 68.9 Å². The van der Waals surface area contributed by atoms with Crippen molar-refractivity contribution in [3.05, 3.63) is 77.1 Å². The molecular weight excluding hydrogens is 710 g/mol. The molecule has 0 radical (unpaired) electrons. The first-order valence-corrected chi connectivity index (χ1v) is 19.5. The number of aryl methyl sites for hydroxylation is 1. The Balaban J connectivity index is 1.25. The first-order chi connectivity index (χ1) is 26.0. The number of aromatic nitrogens is 2. The molecular formula is C41H46FN5O6S. The number of anilines is 1. The van der Waals surface area contributed by atoms with E-state index in [1.807, 2.05) is 42.7 Å². The topological polar surface area (TPSA) is 143 Å². The predicted octanol–water partition coefficient (Wildman–Crippen LogP) is 7.25. The number of methoxy groups -OCH3 is 1. The van der Waals surface area contributed by atoms with Crippen LogP contribution < -0.4 is 20.1 Å². The summed E-state index contributed by atoms with van der Waals surface area (Å²) in [4.78, 5) is 52.7. The summed E-state index contributed by atoms with van der Waals surface area (Å²) < 4.78 is 26.6. The van der Waals surface area contributed by atoms with Gasteiger partial charge in [0.15, 0.2) is 0 Å². The molecule has 13 heteroatoms. The van der Waals surface area contributed by atoms with E-state index in [1.165, 1.54) is 28.4 Å². The van der Waals surface area contributed by atoms with Crippen molar-refractivity contribution in [1.82, 2.24) is 20.2 Å². The number of benzene rings is 2. The number of carbonyl (C=O) groups is 3. The van der Waals surface area contributed by atoms with Gasteiger partial charge in [-0.25, -0.2) is 19.2 Å². The fraction of sp³-hybridized carbons (Fsp3) is 0.439. The number of amides is 2. The summed E-state index contributed by atoms with van der Waals surface area (Å²) in [5, 5.41) is 19.8. The second kappa shape index (κ2) is 15.4. The van der Waals surface area contributed by atoms with Gasteiger partial charge >= 0.3 is 5.97 Å². The molecule has 7 rings (SSSR count). The summed E-state index contributed by atoms with van der Waals surface area (Å²) >= 11 is 1.50. The number of aliphatic carboxylic acids is 1. The molecule has 2 aromatic carbocycles. The van der Waals surface area contributed by atoms with Crippen LogP contribution in [0.4, 0.5) is 10.1 Å². The van der Waals surface area contributed by atoms with Crippen molar-refractivity contribution >= 4 is 45.7 Å². The third-order valence-corrected chi connectivity index (χ3v) is 11.7. The van der Waals surface area contributed by atoms with Gasteiger partial charge in [-0.1, -0.05) is 44.9 Å². The van der Waals surface area contributed by atoms with Gasteiger partial charge in [-0.15, -0.1) is 11.3 Å². The Morgan fingerprint density at radius 2 is 1.96 bits per heavy atom. The van der Waals surface area contributed by atoms with Gasteiger partial charge in [0.05, 0.1) is 24.9 Å². The van der Waals surface area contributed by atoms with Crippen molar-refractivity contribution in [3.63, 3.8) is 0 Å². The van der Waals surface area contributed by atoms with Gasteiger partial charge in [-0.3, -0.25) is 9.59 Å². The molecule has 1 saturated carbocycles. The molecule has 284 valence electrons. The third-order valence-electron chi connectivity index (χ3n) is 10.8. The van der Waals surface area contributed by atoms with E-state index in [4.69, 9.17) is 19.4 Å². The average Bonchev–Trinajstić information content (AvgIpc) is 3.44. The van der Waals surface area contributed by atoms with Gasteiger partial charge in [0.1, 0.15) is 51.7 Å². The number of carboxylic acid groups (broad SMARTS) is 1. The highest BCUT2D eigenvalue weighted by Crippen LogP contribution is 2.46. The molecule has 5 atom stereocenters. The molecule has 2 fully saturated rings. The van der Waals surface area contributed by atoms with Gasteiger partial charge in [-0.2, -0.15) is 0 Å². The molecule has 2 aliphatic heterocycles. The fourth-order valence-electron chi connectivity index (χ4n) is 7.58. The number of carboxylic acids is 1. The minimum absolute atomic E-state index is 0.0741. The van der Waals surface area contributed by atoms with Gasteiger partial charge in [0, 0.05) is 40.4 Å². The number of halogens is 1. The highest BCUT2D eigenvalue weighted by molar-refractivity contribution is 7.13. The van der Waals surface area contributed by atoms with Crippen LogP contribution in [0.15, 0.2) is 60.0 Å². The number of nitrogens with one attached hydrogen (secondary N) is 2. The van der Waals surface area contributed by atoms with Gasteiger partial charge < -0.3 is 30.1 Å². The molecule has 11 nitrogen and oxygen atoms in total. The molecule has 0 spiro atoms. The Labute approximate surface area is 318 Å². The van der Waals surface area contributed by atoms with E-state index in [9.17, 15) is 23.9 Å². The van der Waals surface area contributed by atoms with Crippen LogP contribution in [-0.2, 0) is 14.4 Å². The van der Waals surface area contributed by atoms with Crippen LogP contribution in [0, 0.1) is 18.7 Å². The zero-order valence-electron chi connectivity index (χ0n) is 30.9. The number of hydrogen-bond donors (Lipinski definition) is 3. The highest BCUT2D eigenvalue weighted by Gasteiger charge is 2.61. The third kappa shape index (κ3) is 7.51. The Bertz CT molecular complexity index is 2100. The predicted molar refractivity (Wildman–Crippen MR) is 205 cm³/mol. The van der Waals surface area contributed by atoms with E-state index in [0.29, 0.717) is 34.8 Å². The smallest absolute Gasteiger partial charge is 0.330 e. The number of hydrogen-bond acceptors (Lipinski definition) is 9. The van der Waals surface area contributed by atoms with E-state index in [-0.39, 0.29) is 37.1 Å². The lowest BCUT2D eigenvalue weighted by molar-refractivity contribution is -0.145. The van der Waals surface area contributed by atoms with Gasteiger partial charge in [0.2, 0.25) is 11.8 Å². The van der Waals surface area contributed by atoms with E-state index in [0.717, 1.165) is 47.3 Å². The summed E-state index contributed by atoms with van der Waals surface area (Å²) in [6.45, 7) is 6.18. The summed E-state index contributed by atoms with van der Waals surface area (Å²) in [6, 6.07) is 9.79. The Morgan fingerprint density at radius 3 is 2.70 bits per heavy atom. The minimum atomic E-state index is -1.43. The Kier molecular flexibility index (Phi) is 10.6. The van der Waals surface area contributed by atoms with E-state index in [2.05, 4.69) is 24.5 Å². The standard InChI is InChI=1S/C41H46FN5O6S/c1-23(2)32-22-54-38(45-32)31-19-35(29-15-16-34(52-4)24(3)36(29)44-31)53-28-18-33-37(48)46-41(40(50)51)20-25(41)11-8-6-5-7-9-14-30(39(49)47(33)21-28)43-27-13-10-12-26(42)17-27/h8,10-13,15-17,19,22-23,25,28,30,33,43H,5-7,9,14,18,20-21H2,1-4H3,(H,46,48)(H,50,51)/b11-8-/t25?,28-,30+,33+,41-/m1/s1. The molecule has 0 bridgehead atoms. The van der Waals surface area contributed by atoms with Gasteiger partial charge in [0.25, 0.3) is 0 Å². The second-order valence-electron chi connectivity index (χ2n) is 14.9. The molecule has 1 unspecified atom stereocenters.